The number of halogens is 1. The zero-order valence-electron chi connectivity index (χ0n) is 17.6. The summed E-state index contributed by atoms with van der Waals surface area (Å²) in [7, 11) is 1.81. The van der Waals surface area contributed by atoms with E-state index in [-0.39, 0.29) is 42.5 Å². The number of thiophene rings is 1. The van der Waals surface area contributed by atoms with Crippen molar-refractivity contribution in [3.8, 4) is 0 Å². The van der Waals surface area contributed by atoms with E-state index in [9.17, 15) is 4.79 Å². The number of guanidine groups is 1. The molecule has 0 bridgehead atoms. The first kappa shape index (κ1) is 25.4. The lowest BCUT2D eigenvalue weighted by Gasteiger charge is -2.19. The molecule has 2 N–H and O–H groups in total. The van der Waals surface area contributed by atoms with Gasteiger partial charge in [0.05, 0.1) is 0 Å². The summed E-state index contributed by atoms with van der Waals surface area (Å²) in [5.74, 6) is 0.671. The quantitative estimate of drug-likeness (QED) is 0.297. The van der Waals surface area contributed by atoms with Gasteiger partial charge in [-0.2, -0.15) is 0 Å². The van der Waals surface area contributed by atoms with Crippen LogP contribution in [0.5, 0.6) is 0 Å². The Labute approximate surface area is 195 Å². The molecule has 6 nitrogen and oxygen atoms in total. The molecule has 2 rings (SSSR count). The van der Waals surface area contributed by atoms with Crippen molar-refractivity contribution in [2.75, 3.05) is 26.7 Å². The van der Waals surface area contributed by atoms with Crippen LogP contribution in [0.4, 0.5) is 0 Å². The summed E-state index contributed by atoms with van der Waals surface area (Å²) in [5.41, 5.74) is 0.985. The van der Waals surface area contributed by atoms with Crippen molar-refractivity contribution >= 4 is 47.2 Å². The van der Waals surface area contributed by atoms with Gasteiger partial charge in [0.2, 0.25) is 5.91 Å². The number of aryl methyl sites for hydroxylation is 1. The van der Waals surface area contributed by atoms with Crippen molar-refractivity contribution in [3.05, 3.63) is 52.0 Å². The molecule has 0 saturated heterocycles. The number of nitrogens with zero attached hydrogens (tertiary/aromatic N) is 3. The summed E-state index contributed by atoms with van der Waals surface area (Å²) in [4.78, 5) is 25.5. The number of rotatable bonds is 9. The minimum Gasteiger partial charge on any atom is -0.357 e. The highest BCUT2D eigenvalue weighted by molar-refractivity contribution is 14.0. The third-order valence-corrected chi connectivity index (χ3v) is 5.28. The maximum Gasteiger partial charge on any atom is 0.244 e. The molecular formula is C21H32IN5OS. The second-order valence-corrected chi connectivity index (χ2v) is 8.22. The number of carbonyl (C=O) groups excluding carboxylic acids is 1. The van der Waals surface area contributed by atoms with Gasteiger partial charge >= 0.3 is 0 Å². The fraction of sp³-hybridized carbons (Fsp3) is 0.476. The molecule has 0 radical (unpaired) electrons. The maximum absolute atomic E-state index is 12.4. The SMILES string of the molecule is CCNC(=NCC(=O)N(C)CCc1ccccn1)NC(C)Cc1ccc(C)s1.I. The summed E-state index contributed by atoms with van der Waals surface area (Å²) in [6.45, 7) is 7.77. The van der Waals surface area contributed by atoms with E-state index in [2.05, 4.69) is 46.6 Å². The minimum absolute atomic E-state index is 0. The molecule has 1 unspecified atom stereocenters. The lowest BCUT2D eigenvalue weighted by atomic mass is 10.2. The van der Waals surface area contributed by atoms with E-state index >= 15 is 0 Å². The molecule has 0 saturated carbocycles. The minimum atomic E-state index is -0.00494. The van der Waals surface area contributed by atoms with E-state index in [1.165, 1.54) is 9.75 Å². The molecule has 0 fully saturated rings. The Morgan fingerprint density at radius 1 is 1.31 bits per heavy atom. The number of amides is 1. The van der Waals surface area contributed by atoms with Gasteiger partial charge in [-0.05, 0) is 45.0 Å². The molecule has 1 amide bonds. The zero-order valence-corrected chi connectivity index (χ0v) is 20.8. The predicted octanol–water partition coefficient (Wildman–Crippen LogP) is 3.26. The average molecular weight is 529 g/mol. The van der Waals surface area contributed by atoms with Crippen LogP contribution in [0.2, 0.25) is 0 Å². The van der Waals surface area contributed by atoms with E-state index in [1.807, 2.05) is 43.5 Å². The topological polar surface area (TPSA) is 69.6 Å². The van der Waals surface area contributed by atoms with Crippen LogP contribution in [0.3, 0.4) is 0 Å². The van der Waals surface area contributed by atoms with Gasteiger partial charge in [0, 0.05) is 60.7 Å². The molecule has 0 spiro atoms. The highest BCUT2D eigenvalue weighted by Crippen LogP contribution is 2.16. The van der Waals surface area contributed by atoms with Crippen LogP contribution >= 0.6 is 35.3 Å². The van der Waals surface area contributed by atoms with Crippen LogP contribution in [0.25, 0.3) is 0 Å². The lowest BCUT2D eigenvalue weighted by Crippen LogP contribution is -2.43. The molecule has 160 valence electrons. The predicted molar refractivity (Wildman–Crippen MR) is 132 cm³/mol. The molecule has 0 aliphatic heterocycles. The van der Waals surface area contributed by atoms with Gasteiger partial charge in [-0.3, -0.25) is 9.78 Å². The average Bonchev–Trinajstić information content (AvgIpc) is 3.09. The van der Waals surface area contributed by atoms with E-state index in [0.29, 0.717) is 12.5 Å². The third-order valence-electron chi connectivity index (χ3n) is 4.26. The van der Waals surface area contributed by atoms with E-state index < -0.39 is 0 Å². The Kier molecular flexibility index (Phi) is 11.8. The molecule has 2 aromatic heterocycles. The summed E-state index contributed by atoms with van der Waals surface area (Å²) in [5, 5.41) is 6.61. The number of aliphatic imine (C=N–C) groups is 1. The van der Waals surface area contributed by atoms with Crippen molar-refractivity contribution in [3.63, 3.8) is 0 Å². The van der Waals surface area contributed by atoms with Crippen LogP contribution in [0.1, 0.15) is 29.3 Å². The highest BCUT2D eigenvalue weighted by atomic mass is 127. The van der Waals surface area contributed by atoms with Gasteiger partial charge in [0.1, 0.15) is 6.54 Å². The van der Waals surface area contributed by atoms with Crippen LogP contribution < -0.4 is 10.6 Å². The van der Waals surface area contributed by atoms with Crippen molar-refractivity contribution in [1.82, 2.24) is 20.5 Å². The fourth-order valence-electron chi connectivity index (χ4n) is 2.72. The van der Waals surface area contributed by atoms with Gasteiger partial charge in [0.15, 0.2) is 5.96 Å². The maximum atomic E-state index is 12.4. The van der Waals surface area contributed by atoms with Crippen molar-refractivity contribution in [1.29, 1.82) is 0 Å². The Morgan fingerprint density at radius 2 is 2.10 bits per heavy atom. The molecule has 2 heterocycles. The Morgan fingerprint density at radius 3 is 2.72 bits per heavy atom. The number of pyridine rings is 1. The van der Waals surface area contributed by atoms with E-state index in [4.69, 9.17) is 0 Å². The van der Waals surface area contributed by atoms with Crippen LogP contribution in [0, 0.1) is 6.92 Å². The van der Waals surface area contributed by atoms with Crippen molar-refractivity contribution in [2.45, 2.75) is 39.7 Å². The Bertz CT molecular complexity index is 765. The van der Waals surface area contributed by atoms with Crippen LogP contribution in [0.15, 0.2) is 41.5 Å². The molecule has 1 atom stereocenters. The number of likely N-dealkylation sites (N-methyl/N-ethyl adjacent to an activating group) is 1. The standard InChI is InChI=1S/C21H31N5OS.HI/c1-5-22-21(25-16(2)14-19-10-9-17(3)28-19)24-15-20(27)26(4)13-11-18-8-6-7-12-23-18;/h6-10,12,16H,5,11,13-15H2,1-4H3,(H2,22,24,25);1H. The molecule has 0 aliphatic rings. The summed E-state index contributed by atoms with van der Waals surface area (Å²) in [6.07, 6.45) is 3.44. The van der Waals surface area contributed by atoms with Gasteiger partial charge < -0.3 is 15.5 Å². The first-order chi connectivity index (χ1) is 13.5. The number of carbonyl (C=O) groups is 1. The number of nitrogens with one attached hydrogen (secondary N) is 2. The van der Waals surface area contributed by atoms with Gasteiger partial charge in [-0.1, -0.05) is 6.07 Å². The number of aromatic nitrogens is 1. The van der Waals surface area contributed by atoms with Crippen molar-refractivity contribution in [2.24, 2.45) is 4.99 Å². The Hall–Kier alpha value is -1.68. The van der Waals surface area contributed by atoms with Crippen molar-refractivity contribution < 1.29 is 4.79 Å². The second-order valence-electron chi connectivity index (χ2n) is 6.84. The first-order valence-electron chi connectivity index (χ1n) is 9.72. The number of hydrogen-bond donors (Lipinski definition) is 2. The largest absolute Gasteiger partial charge is 0.357 e. The van der Waals surface area contributed by atoms with Gasteiger partial charge in [-0.25, -0.2) is 4.99 Å². The lowest BCUT2D eigenvalue weighted by molar-refractivity contribution is -0.128. The molecule has 8 heteroatoms. The third kappa shape index (κ3) is 9.58. The van der Waals surface area contributed by atoms with Gasteiger partial charge in [0.25, 0.3) is 0 Å². The smallest absolute Gasteiger partial charge is 0.244 e. The van der Waals surface area contributed by atoms with Crippen LogP contribution in [-0.4, -0.2) is 54.5 Å². The van der Waals surface area contributed by atoms with Crippen LogP contribution in [-0.2, 0) is 17.6 Å². The molecule has 2 aromatic rings. The summed E-state index contributed by atoms with van der Waals surface area (Å²) >= 11 is 1.82. The van der Waals surface area contributed by atoms with Gasteiger partial charge in [-0.15, -0.1) is 35.3 Å². The molecule has 0 aromatic carbocycles. The molecular weight excluding hydrogens is 497 g/mol. The van der Waals surface area contributed by atoms with E-state index in [0.717, 1.165) is 25.1 Å². The number of hydrogen-bond acceptors (Lipinski definition) is 4. The summed E-state index contributed by atoms with van der Waals surface area (Å²) < 4.78 is 0. The molecule has 29 heavy (non-hydrogen) atoms. The zero-order chi connectivity index (χ0) is 20.4. The second kappa shape index (κ2) is 13.5. The van der Waals surface area contributed by atoms with E-state index in [1.54, 1.807) is 11.1 Å². The first-order valence-corrected chi connectivity index (χ1v) is 10.5. The summed E-state index contributed by atoms with van der Waals surface area (Å²) in [6, 6.07) is 10.4. The Balaban J connectivity index is 0.00000420. The highest BCUT2D eigenvalue weighted by Gasteiger charge is 2.11. The monoisotopic (exact) mass is 529 g/mol. The fourth-order valence-corrected chi connectivity index (χ4v) is 3.74. The normalized spacial score (nSPS) is 12.1. The molecule has 0 aliphatic carbocycles.